The van der Waals surface area contributed by atoms with E-state index in [9.17, 15) is 25.2 Å². The standard InChI is InChI=1S/C13H17N5O6/c1-13(23)11(22)18-10(21)8-9(15-12(18)16-13)17(4-14-8)7-2-5(20)6(3-19)24-7/h4-7,11,19-20,22-23H,2-3H2,1H3,(H,15,16)/t5-,6+,7+,11-,13-/m0/s1. The number of hydrogen-bond acceptors (Lipinski definition) is 9. The van der Waals surface area contributed by atoms with E-state index in [-0.39, 0.29) is 30.1 Å². The highest BCUT2D eigenvalue weighted by Crippen LogP contribution is 2.33. The average molecular weight is 339 g/mol. The van der Waals surface area contributed by atoms with E-state index in [4.69, 9.17) is 4.74 Å². The van der Waals surface area contributed by atoms with Crippen LogP contribution in [0.15, 0.2) is 11.1 Å². The Morgan fingerprint density at radius 2 is 2.25 bits per heavy atom. The van der Waals surface area contributed by atoms with Gasteiger partial charge in [0.15, 0.2) is 23.1 Å². The summed E-state index contributed by atoms with van der Waals surface area (Å²) >= 11 is 0. The Morgan fingerprint density at radius 3 is 2.92 bits per heavy atom. The minimum Gasteiger partial charge on any atom is -0.394 e. The average Bonchev–Trinajstić information content (AvgIpc) is 3.15. The lowest BCUT2D eigenvalue weighted by atomic mass is 10.2. The summed E-state index contributed by atoms with van der Waals surface area (Å²) in [4.78, 5) is 20.8. The molecule has 0 unspecified atom stereocenters. The zero-order chi connectivity index (χ0) is 17.2. The van der Waals surface area contributed by atoms with Crippen molar-refractivity contribution in [3.63, 3.8) is 0 Å². The first kappa shape index (κ1) is 15.5. The minimum atomic E-state index is -1.73. The van der Waals surface area contributed by atoms with Crippen LogP contribution < -0.4 is 10.9 Å². The third-order valence-electron chi connectivity index (χ3n) is 4.44. The molecule has 11 nitrogen and oxygen atoms in total. The van der Waals surface area contributed by atoms with E-state index >= 15 is 0 Å². The minimum absolute atomic E-state index is 0.00263. The van der Waals surface area contributed by atoms with Gasteiger partial charge in [0.2, 0.25) is 5.95 Å². The molecule has 0 amide bonds. The molecule has 1 saturated heterocycles. The van der Waals surface area contributed by atoms with Crippen molar-refractivity contribution >= 4 is 17.1 Å². The fraction of sp³-hybridized carbons (Fsp3) is 0.615. The molecule has 5 N–H and O–H groups in total. The van der Waals surface area contributed by atoms with Crippen molar-refractivity contribution in [2.75, 3.05) is 11.9 Å². The number of aliphatic hydroxyl groups excluding tert-OH is 3. The second-order valence-corrected chi connectivity index (χ2v) is 6.20. The van der Waals surface area contributed by atoms with Crippen molar-refractivity contribution in [2.24, 2.45) is 0 Å². The van der Waals surface area contributed by atoms with E-state index in [1.807, 2.05) is 0 Å². The second-order valence-electron chi connectivity index (χ2n) is 6.20. The number of nitrogens with zero attached hydrogens (tertiary/aromatic N) is 4. The third kappa shape index (κ3) is 1.99. The van der Waals surface area contributed by atoms with Gasteiger partial charge in [0, 0.05) is 6.42 Å². The van der Waals surface area contributed by atoms with Gasteiger partial charge in [-0.25, -0.2) is 9.55 Å². The van der Waals surface area contributed by atoms with Gasteiger partial charge in [0.25, 0.3) is 5.56 Å². The summed E-state index contributed by atoms with van der Waals surface area (Å²) in [6.45, 7) is 0.993. The fourth-order valence-corrected chi connectivity index (χ4v) is 3.10. The Kier molecular flexibility index (Phi) is 3.21. The van der Waals surface area contributed by atoms with Crippen LogP contribution in [0.3, 0.4) is 0 Å². The van der Waals surface area contributed by atoms with E-state index in [1.54, 1.807) is 0 Å². The molecule has 0 saturated carbocycles. The lowest BCUT2D eigenvalue weighted by Gasteiger charge is -2.20. The van der Waals surface area contributed by atoms with Crippen LogP contribution in [0, 0.1) is 0 Å². The van der Waals surface area contributed by atoms with E-state index in [2.05, 4.69) is 15.3 Å². The second kappa shape index (κ2) is 4.97. The van der Waals surface area contributed by atoms with Crippen LogP contribution >= 0.6 is 0 Å². The molecule has 130 valence electrons. The lowest BCUT2D eigenvalue weighted by molar-refractivity contribution is -0.0676. The summed E-state index contributed by atoms with van der Waals surface area (Å²) in [5.41, 5.74) is -2.14. The SMILES string of the molecule is C[C@@]1(O)Nc2nc3c(ncn3[C@H]3C[C@H](O)[C@@H](CO)O3)c(=O)n2[C@H]1O. The van der Waals surface area contributed by atoms with Gasteiger partial charge in [-0.2, -0.15) is 4.98 Å². The molecular weight excluding hydrogens is 322 g/mol. The summed E-state index contributed by atoms with van der Waals surface area (Å²) in [5, 5.41) is 41.7. The number of imidazole rings is 1. The summed E-state index contributed by atoms with van der Waals surface area (Å²) in [6.07, 6.45) is -2.12. The molecule has 5 atom stereocenters. The van der Waals surface area contributed by atoms with Crippen molar-refractivity contribution in [1.29, 1.82) is 0 Å². The Labute approximate surface area is 134 Å². The number of aromatic nitrogens is 4. The Hall–Kier alpha value is -2.05. The number of aliphatic hydroxyl groups is 4. The van der Waals surface area contributed by atoms with Crippen molar-refractivity contribution in [2.45, 2.75) is 43.7 Å². The molecular formula is C13H17N5O6. The zero-order valence-electron chi connectivity index (χ0n) is 12.7. The summed E-state index contributed by atoms with van der Waals surface area (Å²) in [5.74, 6) is 0.00371. The van der Waals surface area contributed by atoms with Gasteiger partial charge >= 0.3 is 0 Å². The van der Waals surface area contributed by atoms with Crippen molar-refractivity contribution < 1.29 is 25.2 Å². The Bertz CT molecular complexity index is 860. The largest absolute Gasteiger partial charge is 0.394 e. The van der Waals surface area contributed by atoms with Gasteiger partial charge in [-0.15, -0.1) is 0 Å². The van der Waals surface area contributed by atoms with E-state index in [1.165, 1.54) is 17.8 Å². The molecule has 2 aromatic rings. The van der Waals surface area contributed by atoms with Gasteiger partial charge in [-0.3, -0.25) is 9.36 Å². The monoisotopic (exact) mass is 339 g/mol. The van der Waals surface area contributed by atoms with Gasteiger partial charge < -0.3 is 30.5 Å². The number of anilines is 1. The Morgan fingerprint density at radius 1 is 1.50 bits per heavy atom. The van der Waals surface area contributed by atoms with Crippen LogP contribution in [0.5, 0.6) is 0 Å². The number of rotatable bonds is 2. The molecule has 2 aliphatic heterocycles. The maximum Gasteiger partial charge on any atom is 0.285 e. The first-order chi connectivity index (χ1) is 11.3. The van der Waals surface area contributed by atoms with Gasteiger partial charge in [-0.1, -0.05) is 0 Å². The summed E-state index contributed by atoms with van der Waals surface area (Å²) < 4.78 is 7.97. The van der Waals surface area contributed by atoms with Crippen LogP contribution in [0.25, 0.3) is 11.2 Å². The van der Waals surface area contributed by atoms with E-state index in [0.717, 1.165) is 4.57 Å². The number of fused-ring (bicyclic) bond motifs is 2. The smallest absolute Gasteiger partial charge is 0.285 e. The molecule has 0 aromatic carbocycles. The third-order valence-corrected chi connectivity index (χ3v) is 4.44. The maximum atomic E-state index is 12.5. The van der Waals surface area contributed by atoms with Gasteiger partial charge in [0.05, 0.1) is 19.0 Å². The first-order valence-electron chi connectivity index (χ1n) is 7.45. The quantitative estimate of drug-likeness (QED) is 0.412. The summed E-state index contributed by atoms with van der Waals surface area (Å²) in [7, 11) is 0. The molecule has 0 bridgehead atoms. The maximum absolute atomic E-state index is 12.5. The number of hydrogen-bond donors (Lipinski definition) is 5. The topological polar surface area (TPSA) is 155 Å². The first-order valence-corrected chi connectivity index (χ1v) is 7.45. The predicted molar refractivity (Wildman–Crippen MR) is 78.9 cm³/mol. The molecule has 11 heteroatoms. The molecule has 0 aliphatic carbocycles. The lowest BCUT2D eigenvalue weighted by Crippen LogP contribution is -2.38. The van der Waals surface area contributed by atoms with Crippen LogP contribution in [-0.4, -0.2) is 64.1 Å². The fourth-order valence-electron chi connectivity index (χ4n) is 3.10. The van der Waals surface area contributed by atoms with Crippen LogP contribution in [0.2, 0.25) is 0 Å². The normalized spacial score (nSPS) is 35.4. The molecule has 1 fully saturated rings. The molecule has 0 spiro atoms. The molecule has 4 heterocycles. The van der Waals surface area contributed by atoms with Crippen LogP contribution in [-0.2, 0) is 4.74 Å². The highest BCUT2D eigenvalue weighted by molar-refractivity contribution is 5.72. The van der Waals surface area contributed by atoms with Crippen molar-refractivity contribution in [3.8, 4) is 0 Å². The highest BCUT2D eigenvalue weighted by Gasteiger charge is 2.43. The van der Waals surface area contributed by atoms with Crippen molar-refractivity contribution in [1.82, 2.24) is 19.1 Å². The molecule has 4 rings (SSSR count). The van der Waals surface area contributed by atoms with Crippen LogP contribution in [0.4, 0.5) is 5.95 Å². The van der Waals surface area contributed by atoms with Crippen LogP contribution in [0.1, 0.15) is 25.8 Å². The van der Waals surface area contributed by atoms with Gasteiger partial charge in [-0.05, 0) is 6.92 Å². The molecule has 0 radical (unpaired) electrons. The highest BCUT2D eigenvalue weighted by atomic mass is 16.5. The number of nitrogens with one attached hydrogen (secondary N) is 1. The number of ether oxygens (including phenoxy) is 1. The molecule has 2 aromatic heterocycles. The summed E-state index contributed by atoms with van der Waals surface area (Å²) in [6, 6.07) is 0. The van der Waals surface area contributed by atoms with Crippen molar-refractivity contribution in [3.05, 3.63) is 16.7 Å². The molecule has 24 heavy (non-hydrogen) atoms. The Balaban J connectivity index is 1.82. The predicted octanol–water partition coefficient (Wildman–Crippen LogP) is -2.14. The van der Waals surface area contributed by atoms with Gasteiger partial charge in [0.1, 0.15) is 12.3 Å². The zero-order valence-corrected chi connectivity index (χ0v) is 12.7. The van der Waals surface area contributed by atoms with E-state index in [0.29, 0.717) is 0 Å². The van der Waals surface area contributed by atoms with E-state index < -0.39 is 35.9 Å². The molecule has 2 aliphatic rings.